The number of benzene rings is 4. The lowest BCUT2D eigenvalue weighted by Crippen LogP contribution is -2.20. The quantitative estimate of drug-likeness (QED) is 0.0598. The molecule has 14 heteroatoms. The Morgan fingerprint density at radius 1 is 0.484 bits per heavy atom. The van der Waals surface area contributed by atoms with Crippen LogP contribution in [0.3, 0.4) is 0 Å². The van der Waals surface area contributed by atoms with E-state index < -0.39 is 91.4 Å². The number of hydrogen-bond acceptors (Lipinski definition) is 14. The Balaban J connectivity index is 1.44. The summed E-state index contributed by atoms with van der Waals surface area (Å²) in [7, 11) is 0. The van der Waals surface area contributed by atoms with Crippen LogP contribution in [0.5, 0.6) is 34.5 Å². The summed E-state index contributed by atoms with van der Waals surface area (Å²) in [5, 5.41) is 90.2. The van der Waals surface area contributed by atoms with Gasteiger partial charge >= 0.3 is 11.3 Å². The number of Topliss-reactive ketones (excluding diaryl/α,β-unsaturated/α-hetero) is 2. The van der Waals surface area contributed by atoms with Gasteiger partial charge in [0.05, 0.1) is 10.8 Å². The minimum atomic E-state index is -1.11. The Bertz CT molecular complexity index is 3090. The largest absolute Gasteiger partial charge is 0.508 e. The predicted octanol–water partition coefficient (Wildman–Crippen LogP) is 8.51. The van der Waals surface area contributed by atoms with Crippen LogP contribution in [0.25, 0.3) is 67.5 Å². The van der Waals surface area contributed by atoms with Crippen LogP contribution in [-0.2, 0) is 9.59 Å². The molecule has 0 aliphatic heterocycles. The van der Waals surface area contributed by atoms with Gasteiger partial charge < -0.3 is 49.7 Å². The van der Waals surface area contributed by atoms with Gasteiger partial charge in [0.1, 0.15) is 56.8 Å². The number of aliphatic hydroxyl groups excluding tert-OH is 2. The molecule has 0 saturated heterocycles. The van der Waals surface area contributed by atoms with Crippen molar-refractivity contribution in [2.24, 2.45) is 11.8 Å². The van der Waals surface area contributed by atoms with Crippen molar-refractivity contribution < 1.29 is 59.3 Å². The van der Waals surface area contributed by atoms with E-state index in [4.69, 9.17) is 8.83 Å². The summed E-state index contributed by atoms with van der Waals surface area (Å²) in [4.78, 5) is 55.0. The van der Waals surface area contributed by atoms with Crippen molar-refractivity contribution in [3.05, 3.63) is 125 Å². The van der Waals surface area contributed by atoms with E-state index in [1.165, 1.54) is 24.3 Å². The molecule has 2 aliphatic rings. The molecule has 8 N–H and O–H groups in total. The Morgan fingerprint density at radius 2 is 0.839 bits per heavy atom. The van der Waals surface area contributed by atoms with Crippen LogP contribution in [0.4, 0.5) is 0 Å². The smallest absolute Gasteiger partial charge is 0.347 e. The fourth-order valence-electron chi connectivity index (χ4n) is 8.55. The highest BCUT2D eigenvalue weighted by Crippen LogP contribution is 2.54. The minimum absolute atomic E-state index is 0.0112. The van der Waals surface area contributed by atoms with Gasteiger partial charge in [-0.15, -0.1) is 0 Å². The number of carbonyl (C=O) groups excluding carboxylic acids is 2. The van der Waals surface area contributed by atoms with Gasteiger partial charge in [0, 0.05) is 56.7 Å². The summed E-state index contributed by atoms with van der Waals surface area (Å²) < 4.78 is 10.7. The number of aromatic hydroxyl groups is 6. The molecule has 0 unspecified atom stereocenters. The summed E-state index contributed by atoms with van der Waals surface area (Å²) in [5.74, 6) is -7.25. The highest BCUT2D eigenvalue weighted by molar-refractivity contribution is 6.38. The van der Waals surface area contributed by atoms with E-state index in [0.717, 1.165) is 24.3 Å². The number of phenols is 4. The third-order valence-corrected chi connectivity index (χ3v) is 11.3. The summed E-state index contributed by atoms with van der Waals surface area (Å²) in [5.41, 5.74) is -3.46. The van der Waals surface area contributed by atoms with Gasteiger partial charge in [-0.1, -0.05) is 39.8 Å². The van der Waals surface area contributed by atoms with Crippen molar-refractivity contribution in [1.29, 1.82) is 0 Å². The standard InChI is InChI=1S/C48H38O14/c1-17(2)33-25-11-19(5)35(43(55)37(25)27(41(53)45(33)57)15-29-39(51)23-9-7-21(49)13-31(23)61-47(29)59)36-20(6)12-26-34(18(3)4)46(58)42(54)28(38(26)44(36)56)16-30-40(52)24-10-8-22(50)14-32(24)62-48(30)60/h7-18,49-52,55-58H,1-6H3/b27-15-,28-16-. The molecule has 0 amide bonds. The summed E-state index contributed by atoms with van der Waals surface area (Å²) in [6, 6.07) is 10.5. The van der Waals surface area contributed by atoms with Gasteiger partial charge in [0.2, 0.25) is 11.6 Å². The predicted molar refractivity (Wildman–Crippen MR) is 231 cm³/mol. The molecule has 2 aromatic heterocycles. The van der Waals surface area contributed by atoms with Gasteiger partial charge in [-0.05, 0) is 84.4 Å². The third kappa shape index (κ3) is 6.01. The molecule has 0 spiro atoms. The lowest BCUT2D eigenvalue weighted by molar-refractivity contribution is -0.113. The molecule has 8 rings (SSSR count). The van der Waals surface area contributed by atoms with E-state index in [1.54, 1.807) is 53.7 Å². The number of allylic oxidation sites excluding steroid dienone is 4. The van der Waals surface area contributed by atoms with Crippen LogP contribution >= 0.6 is 0 Å². The van der Waals surface area contributed by atoms with Crippen molar-refractivity contribution in [2.75, 3.05) is 0 Å². The molecule has 4 aromatic carbocycles. The van der Waals surface area contributed by atoms with Crippen LogP contribution in [0.1, 0.15) is 72.2 Å². The molecule has 2 aliphatic carbocycles. The van der Waals surface area contributed by atoms with Gasteiger partial charge in [0.25, 0.3) is 0 Å². The minimum Gasteiger partial charge on any atom is -0.508 e. The number of hydrogen-bond donors (Lipinski definition) is 8. The maximum atomic E-state index is 14.2. The van der Waals surface area contributed by atoms with Crippen LogP contribution in [0.15, 0.2) is 78.5 Å². The topological polar surface area (TPSA) is 256 Å². The zero-order valence-corrected chi connectivity index (χ0v) is 34.0. The molecule has 314 valence electrons. The second kappa shape index (κ2) is 14.3. The van der Waals surface area contributed by atoms with Crippen molar-refractivity contribution in [3.63, 3.8) is 0 Å². The number of aliphatic hydroxyl groups is 2. The average Bonchev–Trinajstić information content (AvgIpc) is 3.18. The van der Waals surface area contributed by atoms with Crippen LogP contribution in [-0.4, -0.2) is 52.4 Å². The van der Waals surface area contributed by atoms with E-state index in [2.05, 4.69) is 0 Å². The van der Waals surface area contributed by atoms with Crippen molar-refractivity contribution in [2.45, 2.75) is 41.5 Å². The van der Waals surface area contributed by atoms with E-state index in [-0.39, 0.29) is 78.0 Å². The van der Waals surface area contributed by atoms with Gasteiger partial charge in [0.15, 0.2) is 11.5 Å². The first-order valence-corrected chi connectivity index (χ1v) is 19.3. The van der Waals surface area contributed by atoms with E-state index >= 15 is 0 Å². The van der Waals surface area contributed by atoms with Gasteiger partial charge in [-0.25, -0.2) is 9.59 Å². The molecule has 6 aromatic rings. The number of phenolic OH excluding ortho intramolecular Hbond substituents is 4. The van der Waals surface area contributed by atoms with Crippen molar-refractivity contribution in [3.8, 4) is 45.6 Å². The van der Waals surface area contributed by atoms with Crippen LogP contribution in [0.2, 0.25) is 0 Å². The van der Waals surface area contributed by atoms with Crippen LogP contribution in [0, 0.1) is 25.7 Å². The molecular weight excluding hydrogens is 801 g/mol. The number of ketones is 2. The van der Waals surface area contributed by atoms with E-state index in [1.807, 2.05) is 0 Å². The number of fused-ring (bicyclic) bond motifs is 4. The van der Waals surface area contributed by atoms with Crippen LogP contribution < -0.4 is 11.3 Å². The molecule has 0 fully saturated rings. The first kappa shape index (κ1) is 40.8. The fourth-order valence-corrected chi connectivity index (χ4v) is 8.55. The fraction of sp³-hybridized carbons (Fsp3) is 0.167. The summed E-state index contributed by atoms with van der Waals surface area (Å²) >= 11 is 0. The van der Waals surface area contributed by atoms with Crippen molar-refractivity contribution >= 4 is 67.9 Å². The average molecular weight is 839 g/mol. The van der Waals surface area contributed by atoms with Crippen molar-refractivity contribution in [1.82, 2.24) is 0 Å². The Hall–Kier alpha value is -8.00. The number of rotatable bonds is 5. The van der Waals surface area contributed by atoms with E-state index in [0.29, 0.717) is 11.1 Å². The molecule has 14 nitrogen and oxygen atoms in total. The second-order valence-electron chi connectivity index (χ2n) is 16.0. The molecule has 0 radical (unpaired) electrons. The number of carbonyl (C=O) groups is 2. The highest BCUT2D eigenvalue weighted by Gasteiger charge is 2.39. The van der Waals surface area contributed by atoms with Gasteiger partial charge in [-0.3, -0.25) is 9.59 Å². The lowest BCUT2D eigenvalue weighted by Gasteiger charge is -2.29. The lowest BCUT2D eigenvalue weighted by atomic mass is 9.75. The first-order chi connectivity index (χ1) is 29.2. The molecule has 62 heavy (non-hydrogen) atoms. The monoisotopic (exact) mass is 838 g/mol. The Kier molecular flexibility index (Phi) is 9.42. The normalized spacial score (nSPS) is 15.5. The molecular formula is C48H38O14. The highest BCUT2D eigenvalue weighted by atomic mass is 16.4. The third-order valence-electron chi connectivity index (χ3n) is 11.3. The zero-order valence-electron chi connectivity index (χ0n) is 34.0. The first-order valence-electron chi connectivity index (χ1n) is 19.3. The second-order valence-corrected chi connectivity index (χ2v) is 16.0. The Morgan fingerprint density at radius 3 is 1.18 bits per heavy atom. The molecule has 0 saturated carbocycles. The maximum Gasteiger partial charge on any atom is 0.347 e. The van der Waals surface area contributed by atoms with E-state index in [9.17, 15) is 60.0 Å². The SMILES string of the molecule is Cc1cc2c(c(O)c1-c1c(C)cc3c(c1O)/C(=C/c1c(O)c4ccc(O)cc4oc1=O)C(=O)C(O)=C3C(C)C)/C(=C/c1c(O)c3ccc(O)cc3oc1=O)C(=O)C(O)=C2C(C)C. The maximum absolute atomic E-state index is 14.2. The summed E-state index contributed by atoms with van der Waals surface area (Å²) in [6.07, 6.45) is 1.96. The van der Waals surface area contributed by atoms with Gasteiger partial charge in [-0.2, -0.15) is 0 Å². The molecule has 2 heterocycles. The molecule has 0 atom stereocenters. The molecule has 0 bridgehead atoms. The zero-order chi connectivity index (χ0) is 45.0. The Labute approximate surface area is 350 Å². The summed E-state index contributed by atoms with van der Waals surface area (Å²) in [6.45, 7) is 10.1. The number of aryl methyl sites for hydroxylation is 2.